The molecule has 1 amide bonds. The predicted octanol–water partition coefficient (Wildman–Crippen LogP) is 2.94. The van der Waals surface area contributed by atoms with Crippen LogP contribution in [0.5, 0.6) is 5.75 Å². The normalized spacial score (nSPS) is 11.4. The van der Waals surface area contributed by atoms with Crippen LogP contribution in [0.4, 0.5) is 5.69 Å². The number of aliphatic carboxylic acids is 1. The Morgan fingerprint density at radius 1 is 1.15 bits per heavy atom. The molecule has 0 aliphatic rings. The fraction of sp³-hybridized carbons (Fsp3) is 0.222. The van der Waals surface area contributed by atoms with Gasteiger partial charge >= 0.3 is 5.97 Å². The van der Waals surface area contributed by atoms with Gasteiger partial charge in [0.15, 0.2) is 0 Å². The molecule has 26 heavy (non-hydrogen) atoms. The van der Waals surface area contributed by atoms with E-state index in [9.17, 15) is 19.7 Å². The van der Waals surface area contributed by atoms with Crippen LogP contribution in [0.25, 0.3) is 0 Å². The van der Waals surface area contributed by atoms with Crippen molar-refractivity contribution in [3.8, 4) is 5.75 Å². The quantitative estimate of drug-likeness (QED) is 0.553. The summed E-state index contributed by atoms with van der Waals surface area (Å²) in [5.74, 6) is -0.931. The number of amides is 1. The lowest BCUT2D eigenvalue weighted by Crippen LogP contribution is -2.30. The van der Waals surface area contributed by atoms with E-state index < -0.39 is 22.8 Å². The Balaban J connectivity index is 2.17. The molecule has 2 rings (SSSR count). The SMILES string of the molecule is CCOc1ccc(C(CC(=O)O)NC(=O)c2ccc([N+](=O)[O-])cc2)cc1. The van der Waals surface area contributed by atoms with Gasteiger partial charge in [-0.15, -0.1) is 0 Å². The first kappa shape index (κ1) is 18.9. The molecular weight excluding hydrogens is 340 g/mol. The minimum Gasteiger partial charge on any atom is -0.494 e. The number of carboxylic acids is 1. The standard InChI is InChI=1S/C18H18N2O6/c1-2-26-15-9-5-12(6-10-15)16(11-17(21)22)19-18(23)13-3-7-14(8-4-13)20(24)25/h3-10,16H,2,11H2,1H3,(H,19,23)(H,21,22). The van der Waals surface area contributed by atoms with E-state index >= 15 is 0 Å². The Bertz CT molecular complexity index is 786. The maximum absolute atomic E-state index is 12.4. The van der Waals surface area contributed by atoms with Gasteiger partial charge in [0.05, 0.1) is 24.0 Å². The summed E-state index contributed by atoms with van der Waals surface area (Å²) in [6.45, 7) is 2.36. The van der Waals surface area contributed by atoms with Crippen molar-refractivity contribution in [3.05, 3.63) is 69.8 Å². The van der Waals surface area contributed by atoms with Crippen molar-refractivity contribution in [1.29, 1.82) is 0 Å². The molecule has 0 radical (unpaired) electrons. The summed E-state index contributed by atoms with van der Waals surface area (Å²) in [6, 6.07) is 11.1. The summed E-state index contributed by atoms with van der Waals surface area (Å²) in [5.41, 5.74) is 0.693. The van der Waals surface area contributed by atoms with Gasteiger partial charge in [0, 0.05) is 17.7 Å². The molecule has 0 saturated heterocycles. The van der Waals surface area contributed by atoms with Gasteiger partial charge in [0.2, 0.25) is 0 Å². The van der Waals surface area contributed by atoms with Crippen LogP contribution >= 0.6 is 0 Å². The zero-order valence-electron chi connectivity index (χ0n) is 14.0. The number of carboxylic acid groups (broad SMARTS) is 1. The average molecular weight is 358 g/mol. The summed E-state index contributed by atoms with van der Waals surface area (Å²) in [6.07, 6.45) is -0.299. The second-order valence-corrected chi connectivity index (χ2v) is 5.43. The molecule has 0 spiro atoms. The molecule has 2 aromatic rings. The number of nitro benzene ring substituents is 1. The van der Waals surface area contributed by atoms with Crippen molar-refractivity contribution in [2.24, 2.45) is 0 Å². The molecule has 0 saturated carbocycles. The van der Waals surface area contributed by atoms with Crippen molar-refractivity contribution in [1.82, 2.24) is 5.32 Å². The topological polar surface area (TPSA) is 119 Å². The summed E-state index contributed by atoms with van der Waals surface area (Å²) < 4.78 is 5.34. The van der Waals surface area contributed by atoms with Gasteiger partial charge in [0.25, 0.3) is 11.6 Å². The van der Waals surface area contributed by atoms with E-state index in [-0.39, 0.29) is 17.7 Å². The summed E-state index contributed by atoms with van der Waals surface area (Å²) in [5, 5.41) is 22.4. The van der Waals surface area contributed by atoms with E-state index in [1.54, 1.807) is 24.3 Å². The second-order valence-electron chi connectivity index (χ2n) is 5.43. The fourth-order valence-corrected chi connectivity index (χ4v) is 2.37. The molecule has 0 aliphatic heterocycles. The zero-order valence-corrected chi connectivity index (χ0v) is 14.0. The third kappa shape index (κ3) is 5.04. The Labute approximate surface area is 149 Å². The number of carbonyl (C=O) groups is 2. The first-order chi connectivity index (χ1) is 12.4. The molecular formula is C18H18N2O6. The monoisotopic (exact) mass is 358 g/mol. The molecule has 136 valence electrons. The summed E-state index contributed by atoms with van der Waals surface area (Å²) in [7, 11) is 0. The zero-order chi connectivity index (χ0) is 19.1. The van der Waals surface area contributed by atoms with E-state index in [1.807, 2.05) is 6.92 Å². The number of nitro groups is 1. The molecule has 0 aromatic heterocycles. The predicted molar refractivity (Wildman–Crippen MR) is 93.2 cm³/mol. The van der Waals surface area contributed by atoms with Crippen LogP contribution < -0.4 is 10.1 Å². The van der Waals surface area contributed by atoms with Crippen LogP contribution in [0.1, 0.15) is 35.3 Å². The van der Waals surface area contributed by atoms with Crippen LogP contribution in [0.3, 0.4) is 0 Å². The molecule has 1 unspecified atom stereocenters. The first-order valence-corrected chi connectivity index (χ1v) is 7.90. The fourth-order valence-electron chi connectivity index (χ4n) is 2.37. The lowest BCUT2D eigenvalue weighted by molar-refractivity contribution is -0.384. The minimum absolute atomic E-state index is 0.129. The number of hydrogen-bond acceptors (Lipinski definition) is 5. The number of non-ortho nitro benzene ring substituents is 1. The number of nitrogens with zero attached hydrogens (tertiary/aromatic N) is 1. The van der Waals surface area contributed by atoms with Gasteiger partial charge in [-0.25, -0.2) is 0 Å². The number of hydrogen-bond donors (Lipinski definition) is 2. The van der Waals surface area contributed by atoms with Crippen LogP contribution in [-0.2, 0) is 4.79 Å². The van der Waals surface area contributed by atoms with E-state index in [1.165, 1.54) is 24.3 Å². The highest BCUT2D eigenvalue weighted by Gasteiger charge is 2.19. The van der Waals surface area contributed by atoms with E-state index in [4.69, 9.17) is 9.84 Å². The number of carbonyl (C=O) groups excluding carboxylic acids is 1. The Morgan fingerprint density at radius 2 is 1.77 bits per heavy atom. The van der Waals surface area contributed by atoms with Crippen molar-refractivity contribution in [2.45, 2.75) is 19.4 Å². The number of benzene rings is 2. The van der Waals surface area contributed by atoms with E-state index in [2.05, 4.69) is 5.32 Å². The highest BCUT2D eigenvalue weighted by molar-refractivity contribution is 5.94. The Morgan fingerprint density at radius 3 is 2.27 bits per heavy atom. The number of rotatable bonds is 8. The summed E-state index contributed by atoms with van der Waals surface area (Å²) >= 11 is 0. The van der Waals surface area contributed by atoms with Crippen molar-refractivity contribution < 1.29 is 24.4 Å². The second kappa shape index (κ2) is 8.61. The van der Waals surface area contributed by atoms with Crippen molar-refractivity contribution >= 4 is 17.6 Å². The maximum Gasteiger partial charge on any atom is 0.305 e. The third-order valence-electron chi connectivity index (χ3n) is 3.62. The van der Waals surface area contributed by atoms with Crippen LogP contribution in [0.15, 0.2) is 48.5 Å². The largest absolute Gasteiger partial charge is 0.494 e. The van der Waals surface area contributed by atoms with Crippen molar-refractivity contribution in [3.63, 3.8) is 0 Å². The van der Waals surface area contributed by atoms with Gasteiger partial charge < -0.3 is 15.2 Å². The van der Waals surface area contributed by atoms with Gasteiger partial charge in [-0.1, -0.05) is 12.1 Å². The molecule has 8 heteroatoms. The van der Waals surface area contributed by atoms with Crippen LogP contribution in [-0.4, -0.2) is 28.5 Å². The number of nitrogens with one attached hydrogen (secondary N) is 1. The molecule has 0 heterocycles. The molecule has 0 aliphatic carbocycles. The van der Waals surface area contributed by atoms with E-state index in [0.717, 1.165) is 0 Å². The molecule has 0 fully saturated rings. The third-order valence-corrected chi connectivity index (χ3v) is 3.62. The van der Waals surface area contributed by atoms with Crippen LogP contribution in [0, 0.1) is 10.1 Å². The lowest BCUT2D eigenvalue weighted by atomic mass is 10.0. The molecule has 1 atom stereocenters. The van der Waals surface area contributed by atoms with Crippen LogP contribution in [0.2, 0.25) is 0 Å². The van der Waals surface area contributed by atoms with Gasteiger partial charge in [0.1, 0.15) is 5.75 Å². The molecule has 2 aromatic carbocycles. The molecule has 2 N–H and O–H groups in total. The average Bonchev–Trinajstić information content (AvgIpc) is 2.61. The van der Waals surface area contributed by atoms with E-state index in [0.29, 0.717) is 17.9 Å². The van der Waals surface area contributed by atoms with Gasteiger partial charge in [-0.05, 0) is 36.8 Å². The Kier molecular flexibility index (Phi) is 6.26. The highest BCUT2D eigenvalue weighted by Crippen LogP contribution is 2.21. The lowest BCUT2D eigenvalue weighted by Gasteiger charge is -2.18. The van der Waals surface area contributed by atoms with Gasteiger partial charge in [-0.2, -0.15) is 0 Å². The smallest absolute Gasteiger partial charge is 0.305 e. The first-order valence-electron chi connectivity index (χ1n) is 7.90. The van der Waals surface area contributed by atoms with Crippen molar-refractivity contribution in [2.75, 3.05) is 6.61 Å². The maximum atomic E-state index is 12.4. The van der Waals surface area contributed by atoms with Gasteiger partial charge in [-0.3, -0.25) is 19.7 Å². The Hall–Kier alpha value is -3.42. The minimum atomic E-state index is -1.06. The highest BCUT2D eigenvalue weighted by atomic mass is 16.6. The molecule has 0 bridgehead atoms. The summed E-state index contributed by atoms with van der Waals surface area (Å²) in [4.78, 5) is 33.6. The molecule has 8 nitrogen and oxygen atoms in total. The number of ether oxygens (including phenoxy) is 1.